The van der Waals surface area contributed by atoms with Crippen molar-refractivity contribution >= 4 is 34.6 Å². The molecule has 0 spiro atoms. The number of anilines is 1. The predicted octanol–water partition coefficient (Wildman–Crippen LogP) is 2.33. The zero-order valence-electron chi connectivity index (χ0n) is 16.3. The van der Waals surface area contributed by atoms with Crippen LogP contribution in [-0.4, -0.2) is 29.9 Å². The summed E-state index contributed by atoms with van der Waals surface area (Å²) in [5, 5.41) is 0. The number of fused-ring (bicyclic) bond motifs is 1. The number of imide groups is 1. The van der Waals surface area contributed by atoms with Crippen LogP contribution in [0.15, 0.2) is 57.7 Å². The molecule has 1 saturated heterocycles. The molecule has 2 unspecified atom stereocenters. The molecule has 0 aliphatic carbocycles. The standard InChI is InChI=1S/C22H18N2O6/c1-12-8-9-15-16(10-12)30-22(28)19(23-15)18(21(27)29-2)14-11-17(25)24(20(14)26)13-6-4-3-5-7-13/h3-10,14,18H,11H2,1-2H3. The number of benzene rings is 2. The van der Waals surface area contributed by atoms with E-state index in [4.69, 9.17) is 9.15 Å². The maximum absolute atomic E-state index is 13.1. The number of hydrogen-bond donors (Lipinski definition) is 0. The smallest absolute Gasteiger partial charge is 0.359 e. The van der Waals surface area contributed by atoms with Crippen molar-refractivity contribution < 1.29 is 23.5 Å². The van der Waals surface area contributed by atoms with Gasteiger partial charge in [0.2, 0.25) is 11.8 Å². The molecule has 2 aromatic carbocycles. The van der Waals surface area contributed by atoms with Crippen LogP contribution in [0.4, 0.5) is 5.69 Å². The SMILES string of the molecule is COC(=O)C(c1nc2ccc(C)cc2oc1=O)C1CC(=O)N(c2ccccc2)C1=O. The molecule has 0 bridgehead atoms. The van der Waals surface area contributed by atoms with Crippen LogP contribution in [0, 0.1) is 12.8 Å². The van der Waals surface area contributed by atoms with Gasteiger partial charge in [-0.05, 0) is 36.8 Å². The average Bonchev–Trinajstić information content (AvgIpc) is 3.02. The molecule has 1 aromatic heterocycles. The molecule has 0 N–H and O–H groups in total. The summed E-state index contributed by atoms with van der Waals surface area (Å²) in [4.78, 5) is 56.3. The molecular formula is C22H18N2O6. The third kappa shape index (κ3) is 3.26. The van der Waals surface area contributed by atoms with Gasteiger partial charge in [-0.1, -0.05) is 24.3 Å². The van der Waals surface area contributed by atoms with Gasteiger partial charge < -0.3 is 9.15 Å². The Morgan fingerprint density at radius 1 is 1.17 bits per heavy atom. The molecule has 4 rings (SSSR count). The lowest BCUT2D eigenvalue weighted by Gasteiger charge is -2.19. The number of hydrogen-bond acceptors (Lipinski definition) is 7. The number of rotatable bonds is 4. The Hall–Kier alpha value is -3.81. The van der Waals surface area contributed by atoms with Crippen molar-refractivity contribution in [2.75, 3.05) is 12.0 Å². The minimum absolute atomic E-state index is 0.249. The zero-order valence-corrected chi connectivity index (χ0v) is 16.3. The van der Waals surface area contributed by atoms with E-state index in [-0.39, 0.29) is 17.7 Å². The maximum atomic E-state index is 13.1. The Morgan fingerprint density at radius 3 is 2.60 bits per heavy atom. The van der Waals surface area contributed by atoms with E-state index in [1.54, 1.807) is 48.5 Å². The van der Waals surface area contributed by atoms with E-state index in [2.05, 4.69) is 4.98 Å². The van der Waals surface area contributed by atoms with E-state index >= 15 is 0 Å². The molecular weight excluding hydrogens is 388 g/mol. The Bertz CT molecular complexity index is 1220. The van der Waals surface area contributed by atoms with Crippen LogP contribution in [0.3, 0.4) is 0 Å². The van der Waals surface area contributed by atoms with Crippen molar-refractivity contribution in [3.05, 3.63) is 70.2 Å². The highest BCUT2D eigenvalue weighted by Crippen LogP contribution is 2.35. The molecule has 2 atom stereocenters. The number of aromatic nitrogens is 1. The fourth-order valence-corrected chi connectivity index (χ4v) is 3.68. The Morgan fingerprint density at radius 2 is 1.90 bits per heavy atom. The molecule has 1 fully saturated rings. The second kappa shape index (κ2) is 7.55. The maximum Gasteiger partial charge on any atom is 0.359 e. The molecule has 3 aromatic rings. The van der Waals surface area contributed by atoms with E-state index in [1.807, 2.05) is 6.92 Å². The number of nitrogens with zero attached hydrogens (tertiary/aromatic N) is 2. The summed E-state index contributed by atoms with van der Waals surface area (Å²) in [6.45, 7) is 1.84. The Kier molecular flexibility index (Phi) is 4.91. The van der Waals surface area contributed by atoms with Gasteiger partial charge in [-0.3, -0.25) is 19.3 Å². The van der Waals surface area contributed by atoms with Crippen molar-refractivity contribution in [3.8, 4) is 0 Å². The van der Waals surface area contributed by atoms with Crippen LogP contribution in [0.1, 0.15) is 23.6 Å². The number of amides is 2. The zero-order chi connectivity index (χ0) is 21.4. The first-order valence-electron chi connectivity index (χ1n) is 9.32. The molecule has 30 heavy (non-hydrogen) atoms. The van der Waals surface area contributed by atoms with Crippen LogP contribution in [0.5, 0.6) is 0 Å². The number of ether oxygens (including phenoxy) is 1. The monoisotopic (exact) mass is 406 g/mol. The third-order valence-electron chi connectivity index (χ3n) is 5.12. The topological polar surface area (TPSA) is 107 Å². The summed E-state index contributed by atoms with van der Waals surface area (Å²) >= 11 is 0. The number of methoxy groups -OCH3 is 1. The molecule has 1 aliphatic rings. The quantitative estimate of drug-likeness (QED) is 0.483. The van der Waals surface area contributed by atoms with Gasteiger partial charge in [0, 0.05) is 6.42 Å². The van der Waals surface area contributed by atoms with Crippen molar-refractivity contribution in [1.29, 1.82) is 0 Å². The highest BCUT2D eigenvalue weighted by Gasteiger charge is 2.49. The third-order valence-corrected chi connectivity index (χ3v) is 5.12. The highest BCUT2D eigenvalue weighted by atomic mass is 16.5. The van der Waals surface area contributed by atoms with Crippen molar-refractivity contribution in [2.24, 2.45) is 5.92 Å². The first-order valence-corrected chi connectivity index (χ1v) is 9.32. The Balaban J connectivity index is 1.80. The van der Waals surface area contributed by atoms with Gasteiger partial charge >= 0.3 is 11.6 Å². The second-order valence-electron chi connectivity index (χ2n) is 7.07. The summed E-state index contributed by atoms with van der Waals surface area (Å²) < 4.78 is 10.2. The van der Waals surface area contributed by atoms with Crippen LogP contribution in [0.2, 0.25) is 0 Å². The summed E-state index contributed by atoms with van der Waals surface area (Å²) in [5.41, 5.74) is 0.807. The molecule has 0 radical (unpaired) electrons. The number of carbonyl (C=O) groups excluding carboxylic acids is 3. The fraction of sp³-hybridized carbons (Fsp3) is 0.227. The summed E-state index contributed by atoms with van der Waals surface area (Å²) in [5.74, 6) is -4.37. The molecule has 152 valence electrons. The van der Waals surface area contributed by atoms with Crippen molar-refractivity contribution in [2.45, 2.75) is 19.3 Å². The molecule has 1 aliphatic heterocycles. The first-order chi connectivity index (χ1) is 14.4. The van der Waals surface area contributed by atoms with Crippen molar-refractivity contribution in [1.82, 2.24) is 4.98 Å². The summed E-state index contributed by atoms with van der Waals surface area (Å²) in [6.07, 6.45) is -0.249. The van der Waals surface area contributed by atoms with Crippen molar-refractivity contribution in [3.63, 3.8) is 0 Å². The largest absolute Gasteiger partial charge is 0.468 e. The second-order valence-corrected chi connectivity index (χ2v) is 7.07. The molecule has 8 heteroatoms. The van der Waals surface area contributed by atoms with E-state index in [0.717, 1.165) is 17.6 Å². The van der Waals surface area contributed by atoms with E-state index in [1.165, 1.54) is 0 Å². The van der Waals surface area contributed by atoms with Crippen LogP contribution in [0.25, 0.3) is 11.1 Å². The lowest BCUT2D eigenvalue weighted by Crippen LogP contribution is -2.35. The van der Waals surface area contributed by atoms with Crippen LogP contribution >= 0.6 is 0 Å². The average molecular weight is 406 g/mol. The van der Waals surface area contributed by atoms with Gasteiger partial charge in [0.1, 0.15) is 17.1 Å². The number of carbonyl (C=O) groups is 3. The van der Waals surface area contributed by atoms with E-state index in [0.29, 0.717) is 11.2 Å². The van der Waals surface area contributed by atoms with E-state index in [9.17, 15) is 19.2 Å². The number of aryl methyl sites for hydroxylation is 1. The van der Waals surface area contributed by atoms with Gasteiger partial charge in [0.05, 0.1) is 18.7 Å². The van der Waals surface area contributed by atoms with Gasteiger partial charge in [0.25, 0.3) is 0 Å². The highest BCUT2D eigenvalue weighted by molar-refractivity contribution is 6.22. The fourth-order valence-electron chi connectivity index (χ4n) is 3.68. The van der Waals surface area contributed by atoms with Gasteiger partial charge in [-0.2, -0.15) is 0 Å². The van der Waals surface area contributed by atoms with Gasteiger partial charge in [-0.25, -0.2) is 9.78 Å². The lowest BCUT2D eigenvalue weighted by molar-refractivity contribution is -0.145. The minimum Gasteiger partial charge on any atom is -0.468 e. The molecule has 0 saturated carbocycles. The van der Waals surface area contributed by atoms with Crippen LogP contribution < -0.4 is 10.5 Å². The van der Waals surface area contributed by atoms with E-state index < -0.39 is 35.2 Å². The number of esters is 1. The minimum atomic E-state index is -1.36. The number of para-hydroxylation sites is 1. The van der Waals surface area contributed by atoms with Gasteiger partial charge in [0.15, 0.2) is 5.58 Å². The molecule has 8 nitrogen and oxygen atoms in total. The first kappa shape index (κ1) is 19.5. The lowest BCUT2D eigenvalue weighted by atomic mass is 9.88. The van der Waals surface area contributed by atoms with Crippen LogP contribution in [-0.2, 0) is 19.1 Å². The molecule has 2 amide bonds. The normalized spacial score (nSPS) is 17.4. The summed E-state index contributed by atoms with van der Waals surface area (Å²) in [7, 11) is 1.15. The Labute approximate surface area is 171 Å². The van der Waals surface area contributed by atoms with Gasteiger partial charge in [-0.15, -0.1) is 0 Å². The molecule has 2 heterocycles. The summed E-state index contributed by atoms with van der Waals surface area (Å²) in [6, 6.07) is 13.5. The predicted molar refractivity (Wildman–Crippen MR) is 107 cm³/mol.